The largest absolute Gasteiger partial charge is 0.493 e. The minimum atomic E-state index is -4.65. The van der Waals surface area contributed by atoms with Crippen LogP contribution in [0.1, 0.15) is 28.4 Å². The maximum absolute atomic E-state index is 13.8. The summed E-state index contributed by atoms with van der Waals surface area (Å²) in [6.07, 6.45) is -4.65. The first kappa shape index (κ1) is 23.8. The molecule has 7 nitrogen and oxygen atoms in total. The van der Waals surface area contributed by atoms with Crippen molar-refractivity contribution >= 4 is 22.5 Å². The number of carbonyl (C=O) groups excluding carboxylic acids is 1. The van der Waals surface area contributed by atoms with E-state index in [1.54, 1.807) is 0 Å². The third kappa shape index (κ3) is 5.10. The lowest BCUT2D eigenvalue weighted by atomic mass is 10.0. The summed E-state index contributed by atoms with van der Waals surface area (Å²) in [5.41, 5.74) is -0.925. The highest BCUT2D eigenvalue weighted by Crippen LogP contribution is 2.36. The van der Waals surface area contributed by atoms with Crippen LogP contribution in [0.25, 0.3) is 10.9 Å². The number of amides is 1. The van der Waals surface area contributed by atoms with Gasteiger partial charge in [0.25, 0.3) is 5.91 Å². The van der Waals surface area contributed by atoms with Gasteiger partial charge in [-0.3, -0.25) is 9.69 Å². The number of rotatable bonds is 5. The van der Waals surface area contributed by atoms with Gasteiger partial charge in [0.2, 0.25) is 5.88 Å². The predicted molar refractivity (Wildman–Crippen MR) is 118 cm³/mol. The van der Waals surface area contributed by atoms with Crippen LogP contribution < -0.4 is 0 Å². The van der Waals surface area contributed by atoms with Gasteiger partial charge in [0.05, 0.1) is 11.1 Å². The van der Waals surface area contributed by atoms with Crippen molar-refractivity contribution in [2.45, 2.75) is 19.6 Å². The first-order valence-electron chi connectivity index (χ1n) is 10.8. The van der Waals surface area contributed by atoms with E-state index in [2.05, 4.69) is 20.1 Å². The highest BCUT2D eigenvalue weighted by molar-refractivity contribution is 5.97. The number of piperazine rings is 1. The average molecular weight is 477 g/mol. The molecule has 3 aromatic rings. The maximum Gasteiger partial charge on any atom is 0.416 e. The lowest BCUT2D eigenvalue weighted by molar-refractivity contribution is -0.138. The number of H-pyrrole nitrogens is 1. The van der Waals surface area contributed by atoms with Gasteiger partial charge in [-0.1, -0.05) is 13.0 Å². The van der Waals surface area contributed by atoms with E-state index in [0.29, 0.717) is 18.6 Å². The van der Waals surface area contributed by atoms with Crippen molar-refractivity contribution in [2.75, 3.05) is 32.7 Å². The van der Waals surface area contributed by atoms with Crippen molar-refractivity contribution in [3.05, 3.63) is 58.9 Å². The molecule has 1 amide bonds. The Morgan fingerprint density at radius 3 is 2.47 bits per heavy atom. The normalized spacial score (nSPS) is 16.0. The summed E-state index contributed by atoms with van der Waals surface area (Å²) in [5.74, 6) is -2.04. The lowest BCUT2D eigenvalue weighted by Crippen LogP contribution is -2.45. The number of likely N-dealkylation sites (N-methyl/N-ethyl adjacent to an activating group) is 1. The Balaban J connectivity index is 1.57. The summed E-state index contributed by atoms with van der Waals surface area (Å²) in [4.78, 5) is 19.2. The summed E-state index contributed by atoms with van der Waals surface area (Å²) in [5, 5.41) is 17.3. The van der Waals surface area contributed by atoms with Crippen molar-refractivity contribution in [1.82, 2.24) is 14.8 Å². The van der Waals surface area contributed by atoms with E-state index in [-0.39, 0.29) is 28.7 Å². The van der Waals surface area contributed by atoms with Crippen LogP contribution in [0, 0.1) is 5.82 Å². The number of carbonyl (C=O) groups is 1. The van der Waals surface area contributed by atoms with Gasteiger partial charge < -0.3 is 15.0 Å². The second-order valence-electron chi connectivity index (χ2n) is 8.10. The van der Waals surface area contributed by atoms with Gasteiger partial charge in [-0.05, 0) is 42.4 Å². The quantitative estimate of drug-likeness (QED) is 0.396. The van der Waals surface area contributed by atoms with Crippen LogP contribution in [0.2, 0.25) is 0 Å². The summed E-state index contributed by atoms with van der Waals surface area (Å²) in [7, 11) is 0. The minimum absolute atomic E-state index is 0.0793. The molecule has 11 heteroatoms. The molecule has 1 aromatic heterocycles. The summed E-state index contributed by atoms with van der Waals surface area (Å²) in [6.45, 7) is 5.97. The number of benzene rings is 2. The van der Waals surface area contributed by atoms with Gasteiger partial charge in [-0.25, -0.2) is 4.39 Å². The number of alkyl halides is 3. The summed E-state index contributed by atoms with van der Waals surface area (Å²) >= 11 is 0. The molecule has 0 bridgehead atoms. The number of aromatic nitrogens is 1. The number of aromatic hydroxyl groups is 1. The van der Waals surface area contributed by atoms with E-state index in [4.69, 9.17) is 0 Å². The third-order valence-corrected chi connectivity index (χ3v) is 5.92. The average Bonchev–Trinajstić information content (AvgIpc) is 3.11. The predicted octanol–water partition coefficient (Wildman–Crippen LogP) is 5.09. The van der Waals surface area contributed by atoms with Gasteiger partial charge in [-0.15, -0.1) is 10.2 Å². The zero-order valence-corrected chi connectivity index (χ0v) is 18.4. The van der Waals surface area contributed by atoms with Crippen molar-refractivity contribution in [1.29, 1.82) is 0 Å². The number of nitrogens with one attached hydrogen (secondary N) is 1. The molecule has 1 fully saturated rings. The van der Waals surface area contributed by atoms with E-state index in [0.717, 1.165) is 31.8 Å². The molecule has 34 heavy (non-hydrogen) atoms. The van der Waals surface area contributed by atoms with Gasteiger partial charge in [-0.2, -0.15) is 13.2 Å². The molecule has 1 saturated heterocycles. The van der Waals surface area contributed by atoms with Crippen LogP contribution in [0.15, 0.2) is 46.6 Å². The lowest BCUT2D eigenvalue weighted by Gasteiger charge is -2.34. The van der Waals surface area contributed by atoms with Gasteiger partial charge in [0.15, 0.2) is 5.69 Å². The fourth-order valence-electron chi connectivity index (χ4n) is 4.01. The van der Waals surface area contributed by atoms with E-state index >= 15 is 0 Å². The highest BCUT2D eigenvalue weighted by atomic mass is 19.4. The monoisotopic (exact) mass is 477 g/mol. The Morgan fingerprint density at radius 2 is 1.79 bits per heavy atom. The highest BCUT2D eigenvalue weighted by Gasteiger charge is 2.34. The molecule has 0 radical (unpaired) electrons. The second-order valence-corrected chi connectivity index (χ2v) is 8.10. The van der Waals surface area contributed by atoms with Crippen LogP contribution in [-0.2, 0) is 12.7 Å². The van der Waals surface area contributed by atoms with Crippen molar-refractivity contribution in [3.8, 4) is 5.88 Å². The molecule has 0 atom stereocenters. The number of fused-ring (bicyclic) bond motifs is 1. The molecule has 2 N–H and O–H groups in total. The molecule has 0 saturated carbocycles. The number of azo groups is 1. The summed E-state index contributed by atoms with van der Waals surface area (Å²) in [6, 6.07) is 6.99. The third-order valence-electron chi connectivity index (χ3n) is 5.92. The molecular formula is C23H23F4N5O2. The van der Waals surface area contributed by atoms with E-state index < -0.39 is 29.3 Å². The molecule has 180 valence electrons. The molecule has 2 aromatic carbocycles. The van der Waals surface area contributed by atoms with E-state index in [9.17, 15) is 27.5 Å². The van der Waals surface area contributed by atoms with Crippen molar-refractivity contribution in [3.63, 3.8) is 0 Å². The summed E-state index contributed by atoms with van der Waals surface area (Å²) < 4.78 is 54.9. The Morgan fingerprint density at radius 1 is 1.09 bits per heavy atom. The standard InChI is InChI=1S/C23H23F4N5O2/c1-2-31-7-9-32(10-8-31)13-15-4-3-14(11-18(15)23(25,26)27)21(33)30-29-20-17-12-16(24)5-6-19(17)28-22(20)34/h3-6,11-12,28,34H,2,7-10,13H2,1H3. The Kier molecular flexibility index (Phi) is 6.67. The first-order chi connectivity index (χ1) is 16.2. The Labute approximate surface area is 192 Å². The zero-order chi connectivity index (χ0) is 24.5. The molecule has 1 aliphatic rings. The van der Waals surface area contributed by atoms with Crippen LogP contribution in [0.5, 0.6) is 5.88 Å². The number of aromatic amines is 1. The Hall–Kier alpha value is -3.31. The molecule has 4 rings (SSSR count). The minimum Gasteiger partial charge on any atom is -0.493 e. The number of halogens is 4. The van der Waals surface area contributed by atoms with Gasteiger partial charge in [0.1, 0.15) is 5.82 Å². The molecule has 0 spiro atoms. The number of nitrogens with zero attached hydrogens (tertiary/aromatic N) is 4. The fourth-order valence-corrected chi connectivity index (χ4v) is 4.01. The molecule has 0 unspecified atom stereocenters. The van der Waals surface area contributed by atoms with Crippen molar-refractivity contribution < 1.29 is 27.5 Å². The number of hydrogen-bond donors (Lipinski definition) is 2. The van der Waals surface area contributed by atoms with Gasteiger partial charge in [0, 0.05) is 43.7 Å². The Bertz CT molecular complexity index is 1230. The van der Waals surface area contributed by atoms with Gasteiger partial charge >= 0.3 is 6.18 Å². The van der Waals surface area contributed by atoms with E-state index in [1.807, 2.05) is 11.8 Å². The van der Waals surface area contributed by atoms with Crippen molar-refractivity contribution in [2.24, 2.45) is 10.2 Å². The van der Waals surface area contributed by atoms with Crippen LogP contribution >= 0.6 is 0 Å². The van der Waals surface area contributed by atoms with Crippen LogP contribution in [0.3, 0.4) is 0 Å². The molecule has 2 heterocycles. The van der Waals surface area contributed by atoms with Crippen LogP contribution in [-0.4, -0.2) is 58.5 Å². The topological polar surface area (TPSA) is 84.3 Å². The molecule has 0 aliphatic carbocycles. The maximum atomic E-state index is 13.8. The number of hydrogen-bond acceptors (Lipinski definition) is 5. The zero-order valence-electron chi connectivity index (χ0n) is 18.4. The second kappa shape index (κ2) is 9.51. The SMILES string of the molecule is CCN1CCN(Cc2ccc(C(=O)N=Nc3c(O)[nH]c4ccc(F)cc34)cc2C(F)(F)F)CC1. The van der Waals surface area contributed by atoms with Crippen LogP contribution in [0.4, 0.5) is 23.2 Å². The van der Waals surface area contributed by atoms with E-state index in [1.165, 1.54) is 24.3 Å². The molecular weight excluding hydrogens is 454 g/mol. The first-order valence-corrected chi connectivity index (χ1v) is 10.8. The fraction of sp³-hybridized carbons (Fsp3) is 0.348. The molecule has 1 aliphatic heterocycles. The smallest absolute Gasteiger partial charge is 0.416 e.